The second-order valence-electron chi connectivity index (χ2n) is 6.15. The van der Waals surface area contributed by atoms with E-state index >= 15 is 0 Å². The maximum atomic E-state index is 12.3. The number of aryl methyl sites for hydroxylation is 1. The molecule has 146 valence electrons. The van der Waals surface area contributed by atoms with Crippen LogP contribution in [0.1, 0.15) is 16.8 Å². The number of carbonyl (C=O) groups is 1. The number of carbonyl (C=O) groups excluding carboxylic acids is 1. The van der Waals surface area contributed by atoms with Crippen LogP contribution in [-0.2, 0) is 17.8 Å². The third-order valence-electron chi connectivity index (χ3n) is 4.03. The first kappa shape index (κ1) is 22.9. The molecular formula is C20H28IN5O. The third-order valence-corrected chi connectivity index (χ3v) is 4.03. The maximum absolute atomic E-state index is 12.3. The Balaban J connectivity index is 0.00000364. The average molecular weight is 481 g/mol. The van der Waals surface area contributed by atoms with Crippen molar-refractivity contribution in [3.05, 3.63) is 65.5 Å². The number of aliphatic imine (C=N–C) groups is 1. The number of halogens is 1. The van der Waals surface area contributed by atoms with Crippen molar-refractivity contribution in [3.63, 3.8) is 0 Å². The number of hydrogen-bond donors (Lipinski definition) is 2. The summed E-state index contributed by atoms with van der Waals surface area (Å²) in [6, 6.07) is 14.1. The van der Waals surface area contributed by atoms with Crippen molar-refractivity contribution in [3.8, 4) is 0 Å². The maximum Gasteiger partial charge on any atom is 0.241 e. The van der Waals surface area contributed by atoms with Crippen molar-refractivity contribution in [2.45, 2.75) is 19.9 Å². The van der Waals surface area contributed by atoms with Crippen molar-refractivity contribution in [2.75, 3.05) is 27.2 Å². The highest BCUT2D eigenvalue weighted by molar-refractivity contribution is 14.0. The smallest absolute Gasteiger partial charge is 0.241 e. The molecule has 0 unspecified atom stereocenters. The summed E-state index contributed by atoms with van der Waals surface area (Å²) in [6.07, 6.45) is 2.51. The van der Waals surface area contributed by atoms with Crippen LogP contribution in [0.15, 0.2) is 53.7 Å². The van der Waals surface area contributed by atoms with Gasteiger partial charge in [-0.05, 0) is 24.6 Å². The molecule has 6 nitrogen and oxygen atoms in total. The molecular weight excluding hydrogens is 453 g/mol. The van der Waals surface area contributed by atoms with E-state index in [4.69, 9.17) is 0 Å². The number of nitrogens with zero attached hydrogens (tertiary/aromatic N) is 3. The summed E-state index contributed by atoms with van der Waals surface area (Å²) in [5.74, 6) is 0.623. The zero-order valence-corrected chi connectivity index (χ0v) is 18.4. The quantitative estimate of drug-likeness (QED) is 0.362. The van der Waals surface area contributed by atoms with Crippen LogP contribution in [0.4, 0.5) is 0 Å². The van der Waals surface area contributed by atoms with Crippen molar-refractivity contribution < 1.29 is 4.79 Å². The van der Waals surface area contributed by atoms with Crippen molar-refractivity contribution >= 4 is 35.8 Å². The van der Waals surface area contributed by atoms with Crippen LogP contribution in [0.3, 0.4) is 0 Å². The number of rotatable bonds is 7. The molecule has 0 spiro atoms. The number of guanidine groups is 1. The Labute approximate surface area is 178 Å². The lowest BCUT2D eigenvalue weighted by molar-refractivity contribution is -0.128. The van der Waals surface area contributed by atoms with Gasteiger partial charge in [-0.2, -0.15) is 0 Å². The van der Waals surface area contributed by atoms with Gasteiger partial charge in [-0.3, -0.25) is 14.8 Å². The molecule has 1 amide bonds. The highest BCUT2D eigenvalue weighted by Gasteiger charge is 2.10. The molecule has 1 heterocycles. The van der Waals surface area contributed by atoms with Crippen LogP contribution in [0, 0.1) is 6.92 Å². The van der Waals surface area contributed by atoms with Crippen LogP contribution >= 0.6 is 24.0 Å². The summed E-state index contributed by atoms with van der Waals surface area (Å²) in [5, 5.41) is 6.29. The lowest BCUT2D eigenvalue weighted by Gasteiger charge is -2.18. The predicted octanol–water partition coefficient (Wildman–Crippen LogP) is 2.37. The number of nitrogens with one attached hydrogen (secondary N) is 2. The van der Waals surface area contributed by atoms with Gasteiger partial charge in [0.05, 0.1) is 6.54 Å². The highest BCUT2D eigenvalue weighted by Crippen LogP contribution is 2.03. The van der Waals surface area contributed by atoms with Crippen molar-refractivity contribution in [1.82, 2.24) is 20.5 Å². The van der Waals surface area contributed by atoms with Crippen LogP contribution in [0.2, 0.25) is 0 Å². The van der Waals surface area contributed by atoms with Gasteiger partial charge in [0.2, 0.25) is 5.91 Å². The second-order valence-corrected chi connectivity index (χ2v) is 6.15. The van der Waals surface area contributed by atoms with Gasteiger partial charge in [-0.1, -0.05) is 35.9 Å². The molecule has 0 saturated carbocycles. The topological polar surface area (TPSA) is 69.6 Å². The molecule has 0 saturated heterocycles. The summed E-state index contributed by atoms with van der Waals surface area (Å²) < 4.78 is 0. The van der Waals surface area contributed by atoms with Crippen LogP contribution < -0.4 is 10.6 Å². The van der Waals surface area contributed by atoms with Gasteiger partial charge in [0, 0.05) is 45.5 Å². The summed E-state index contributed by atoms with van der Waals surface area (Å²) in [6.45, 7) is 3.56. The highest BCUT2D eigenvalue weighted by atomic mass is 127. The van der Waals surface area contributed by atoms with Crippen LogP contribution in [0.5, 0.6) is 0 Å². The summed E-state index contributed by atoms with van der Waals surface area (Å²) in [4.78, 5) is 22.4. The first-order valence-corrected chi connectivity index (χ1v) is 8.72. The van der Waals surface area contributed by atoms with Crippen molar-refractivity contribution in [2.24, 2.45) is 4.99 Å². The molecule has 0 bridgehead atoms. The monoisotopic (exact) mass is 481 g/mol. The standard InChI is InChI=1S/C20H27N5O.HI/c1-16-7-6-8-17(13-16)14-23-20(21-2)24-15-19(26)25(3)12-10-18-9-4-5-11-22-18;/h4-9,11,13H,10,12,14-15H2,1-3H3,(H2,21,23,24);1H. The van der Waals surface area contributed by atoms with Gasteiger partial charge in [0.15, 0.2) is 5.96 Å². The first-order chi connectivity index (χ1) is 12.6. The van der Waals surface area contributed by atoms with E-state index in [1.807, 2.05) is 24.3 Å². The molecule has 1 aromatic heterocycles. The summed E-state index contributed by atoms with van der Waals surface area (Å²) in [5.41, 5.74) is 3.37. The van der Waals surface area contributed by atoms with Gasteiger partial charge in [0.1, 0.15) is 0 Å². The molecule has 2 rings (SSSR count). The van der Waals surface area contributed by atoms with Crippen LogP contribution in [-0.4, -0.2) is 48.9 Å². The van der Waals surface area contributed by atoms with Crippen molar-refractivity contribution in [1.29, 1.82) is 0 Å². The van der Waals surface area contributed by atoms with E-state index in [2.05, 4.69) is 45.7 Å². The van der Waals surface area contributed by atoms with E-state index in [1.54, 1.807) is 25.2 Å². The number of benzene rings is 1. The largest absolute Gasteiger partial charge is 0.352 e. The molecule has 27 heavy (non-hydrogen) atoms. The lowest BCUT2D eigenvalue weighted by Crippen LogP contribution is -2.43. The molecule has 1 aromatic carbocycles. The minimum Gasteiger partial charge on any atom is -0.352 e. The first-order valence-electron chi connectivity index (χ1n) is 8.72. The Hall–Kier alpha value is -2.16. The van der Waals surface area contributed by atoms with Gasteiger partial charge in [-0.25, -0.2) is 0 Å². The molecule has 7 heteroatoms. The number of hydrogen-bond acceptors (Lipinski definition) is 3. The van der Waals surface area contributed by atoms with Gasteiger partial charge < -0.3 is 15.5 Å². The Morgan fingerprint density at radius 2 is 2.00 bits per heavy atom. The number of aromatic nitrogens is 1. The fourth-order valence-corrected chi connectivity index (χ4v) is 2.48. The Kier molecular flexibility index (Phi) is 10.4. The Morgan fingerprint density at radius 3 is 2.67 bits per heavy atom. The summed E-state index contributed by atoms with van der Waals surface area (Å²) in [7, 11) is 3.50. The molecule has 0 aliphatic carbocycles. The zero-order valence-electron chi connectivity index (χ0n) is 16.1. The fraction of sp³-hybridized carbons (Fsp3) is 0.350. The normalized spacial score (nSPS) is 10.7. The second kappa shape index (κ2) is 12.3. The third kappa shape index (κ3) is 8.38. The van der Waals surface area contributed by atoms with E-state index < -0.39 is 0 Å². The number of amides is 1. The fourth-order valence-electron chi connectivity index (χ4n) is 2.48. The molecule has 0 radical (unpaired) electrons. The average Bonchev–Trinajstić information content (AvgIpc) is 2.67. The minimum absolute atomic E-state index is 0. The van der Waals surface area contributed by atoms with E-state index in [1.165, 1.54) is 11.1 Å². The molecule has 0 aliphatic rings. The Morgan fingerprint density at radius 1 is 1.19 bits per heavy atom. The molecule has 2 aromatic rings. The van der Waals surface area contributed by atoms with Gasteiger partial charge >= 0.3 is 0 Å². The Bertz CT molecular complexity index is 736. The lowest BCUT2D eigenvalue weighted by atomic mass is 10.1. The SMILES string of the molecule is CN=C(NCC(=O)N(C)CCc1ccccn1)NCc1cccc(C)c1.I. The molecule has 0 fully saturated rings. The predicted molar refractivity (Wildman–Crippen MR) is 120 cm³/mol. The number of pyridine rings is 1. The van der Waals surface area contributed by atoms with E-state index in [0.717, 1.165) is 12.1 Å². The minimum atomic E-state index is 0. The van der Waals surface area contributed by atoms with Crippen LogP contribution in [0.25, 0.3) is 0 Å². The van der Waals surface area contributed by atoms with E-state index in [-0.39, 0.29) is 36.4 Å². The van der Waals surface area contributed by atoms with E-state index in [0.29, 0.717) is 19.0 Å². The van der Waals surface area contributed by atoms with Gasteiger partial charge in [-0.15, -0.1) is 24.0 Å². The molecule has 2 N–H and O–H groups in total. The molecule has 0 aliphatic heterocycles. The van der Waals surface area contributed by atoms with E-state index in [9.17, 15) is 4.79 Å². The zero-order chi connectivity index (χ0) is 18.8. The van der Waals surface area contributed by atoms with Gasteiger partial charge in [0.25, 0.3) is 0 Å². The summed E-state index contributed by atoms with van der Waals surface area (Å²) >= 11 is 0. The number of likely N-dealkylation sites (N-methyl/N-ethyl adjacent to an activating group) is 1. The molecule has 0 atom stereocenters.